The first kappa shape index (κ1) is 23.4. The van der Waals surface area contributed by atoms with E-state index >= 15 is 0 Å². The van der Waals surface area contributed by atoms with Crippen molar-refractivity contribution in [2.45, 2.75) is 78.0 Å². The minimum absolute atomic E-state index is 0.219. The third-order valence-corrected chi connectivity index (χ3v) is 10.8. The van der Waals surface area contributed by atoms with E-state index in [1.807, 2.05) is 24.3 Å². The summed E-state index contributed by atoms with van der Waals surface area (Å²) in [6.45, 7) is 17.6. The molecule has 0 unspecified atom stereocenters. The Labute approximate surface area is 173 Å². The van der Waals surface area contributed by atoms with Gasteiger partial charge in [-0.1, -0.05) is 46.8 Å². The summed E-state index contributed by atoms with van der Waals surface area (Å²) >= 11 is 0. The molecule has 2 rings (SSSR count). The Kier molecular flexibility index (Phi) is 8.14. The van der Waals surface area contributed by atoms with Gasteiger partial charge < -0.3 is 18.6 Å². The molecule has 160 valence electrons. The molecule has 0 saturated carbocycles. The molecule has 4 atom stereocenters. The van der Waals surface area contributed by atoms with Crippen LogP contribution in [0.25, 0.3) is 0 Å². The van der Waals surface area contributed by atoms with E-state index in [9.17, 15) is 0 Å². The van der Waals surface area contributed by atoms with Gasteiger partial charge in [-0.2, -0.15) is 0 Å². The standard InChI is InChI=1S/C23H40O4Si/c1-17(15-26-28(7,8)23(3,4)5)9-14-21-18(2)16-25-22(27-21)19-10-12-20(24-6)13-11-19/h10-13,17-18,21-22H,9,14-16H2,1-8H3/t17-,18-,21+,22-/m1/s1. The predicted molar refractivity (Wildman–Crippen MR) is 117 cm³/mol. The molecule has 0 N–H and O–H groups in total. The second kappa shape index (κ2) is 9.75. The lowest BCUT2D eigenvalue weighted by Gasteiger charge is -2.37. The van der Waals surface area contributed by atoms with Crippen molar-refractivity contribution in [1.29, 1.82) is 0 Å². The lowest BCUT2D eigenvalue weighted by Crippen LogP contribution is -2.42. The molecular weight excluding hydrogens is 368 g/mol. The van der Waals surface area contributed by atoms with Crippen LogP contribution in [0.2, 0.25) is 18.1 Å². The minimum Gasteiger partial charge on any atom is -0.497 e. The number of ether oxygens (including phenoxy) is 3. The van der Waals surface area contributed by atoms with Gasteiger partial charge in [-0.25, -0.2) is 0 Å². The number of hydrogen-bond donors (Lipinski definition) is 0. The molecule has 0 spiro atoms. The van der Waals surface area contributed by atoms with Crippen LogP contribution >= 0.6 is 0 Å². The van der Waals surface area contributed by atoms with Crippen LogP contribution in [0.3, 0.4) is 0 Å². The first-order valence-corrected chi connectivity index (χ1v) is 13.5. The highest BCUT2D eigenvalue weighted by Crippen LogP contribution is 2.37. The quantitative estimate of drug-likeness (QED) is 0.481. The number of methoxy groups -OCH3 is 1. The van der Waals surface area contributed by atoms with Crippen LogP contribution in [-0.4, -0.2) is 34.7 Å². The average molecular weight is 409 g/mol. The van der Waals surface area contributed by atoms with E-state index in [-0.39, 0.29) is 17.4 Å². The molecule has 28 heavy (non-hydrogen) atoms. The molecule has 1 aromatic carbocycles. The van der Waals surface area contributed by atoms with E-state index < -0.39 is 8.32 Å². The Hall–Kier alpha value is -0.883. The molecule has 1 aliphatic heterocycles. The van der Waals surface area contributed by atoms with Crippen molar-refractivity contribution in [3.8, 4) is 5.75 Å². The Balaban J connectivity index is 1.84. The zero-order valence-corrected chi connectivity index (χ0v) is 20.1. The molecule has 0 aliphatic carbocycles. The van der Waals surface area contributed by atoms with E-state index in [1.54, 1.807) is 7.11 Å². The number of hydrogen-bond acceptors (Lipinski definition) is 4. The molecule has 1 fully saturated rings. The van der Waals surface area contributed by atoms with Crippen LogP contribution in [-0.2, 0) is 13.9 Å². The molecule has 4 nitrogen and oxygen atoms in total. The van der Waals surface area contributed by atoms with Gasteiger partial charge in [0.15, 0.2) is 14.6 Å². The topological polar surface area (TPSA) is 36.9 Å². The van der Waals surface area contributed by atoms with Crippen LogP contribution in [0, 0.1) is 11.8 Å². The highest BCUT2D eigenvalue weighted by Gasteiger charge is 2.37. The normalized spacial score (nSPS) is 24.8. The Morgan fingerprint density at radius 2 is 1.82 bits per heavy atom. The molecule has 0 amide bonds. The molecule has 5 heteroatoms. The molecule has 1 aromatic rings. The summed E-state index contributed by atoms with van der Waals surface area (Å²) in [5.74, 6) is 1.79. The van der Waals surface area contributed by atoms with Gasteiger partial charge in [-0.3, -0.25) is 0 Å². The summed E-state index contributed by atoms with van der Waals surface area (Å²) < 4.78 is 23.9. The van der Waals surface area contributed by atoms with Crippen LogP contribution in [0.5, 0.6) is 5.75 Å². The Morgan fingerprint density at radius 3 is 2.39 bits per heavy atom. The van der Waals surface area contributed by atoms with Crippen LogP contribution < -0.4 is 4.74 Å². The van der Waals surface area contributed by atoms with Gasteiger partial charge in [-0.15, -0.1) is 0 Å². The van der Waals surface area contributed by atoms with Crippen LogP contribution in [0.15, 0.2) is 24.3 Å². The fourth-order valence-corrected chi connectivity index (χ4v) is 4.20. The summed E-state index contributed by atoms with van der Waals surface area (Å²) in [5.41, 5.74) is 1.05. The van der Waals surface area contributed by atoms with Gasteiger partial charge in [0.05, 0.1) is 19.8 Å². The molecule has 0 aromatic heterocycles. The lowest BCUT2D eigenvalue weighted by molar-refractivity contribution is -0.240. The van der Waals surface area contributed by atoms with Crippen molar-refractivity contribution in [1.82, 2.24) is 0 Å². The second-order valence-corrected chi connectivity index (χ2v) is 14.7. The highest BCUT2D eigenvalue weighted by atomic mass is 28.4. The molecule has 0 radical (unpaired) electrons. The van der Waals surface area contributed by atoms with E-state index in [2.05, 4.69) is 47.7 Å². The van der Waals surface area contributed by atoms with Crippen molar-refractivity contribution in [3.63, 3.8) is 0 Å². The van der Waals surface area contributed by atoms with Crippen LogP contribution in [0.4, 0.5) is 0 Å². The third-order valence-electron chi connectivity index (χ3n) is 6.31. The molecular formula is C23H40O4Si. The third kappa shape index (κ3) is 6.31. The maximum Gasteiger partial charge on any atom is 0.191 e. The van der Waals surface area contributed by atoms with Crippen molar-refractivity contribution in [2.24, 2.45) is 11.8 Å². The predicted octanol–water partition coefficient (Wildman–Crippen LogP) is 6.18. The first-order chi connectivity index (χ1) is 13.0. The summed E-state index contributed by atoms with van der Waals surface area (Å²) in [6, 6.07) is 7.95. The van der Waals surface area contributed by atoms with Gasteiger partial charge in [0.1, 0.15) is 5.75 Å². The second-order valence-electron chi connectivity index (χ2n) is 9.84. The molecule has 1 heterocycles. The van der Waals surface area contributed by atoms with Gasteiger partial charge in [0.2, 0.25) is 0 Å². The minimum atomic E-state index is -1.67. The highest BCUT2D eigenvalue weighted by molar-refractivity contribution is 6.74. The SMILES string of the molecule is COc1ccc([C@@H]2OC[C@@H](C)[C@H](CC[C@@H](C)CO[Si](C)(C)C(C)(C)C)O2)cc1. The largest absolute Gasteiger partial charge is 0.497 e. The summed E-state index contributed by atoms with van der Waals surface area (Å²) in [6.07, 6.45) is 2.08. The van der Waals surface area contributed by atoms with E-state index in [1.165, 1.54) is 0 Å². The van der Waals surface area contributed by atoms with Crippen molar-refractivity contribution < 1.29 is 18.6 Å². The van der Waals surface area contributed by atoms with Crippen LogP contribution in [0.1, 0.15) is 59.3 Å². The lowest BCUT2D eigenvalue weighted by atomic mass is 9.95. The summed E-state index contributed by atoms with van der Waals surface area (Å²) in [5, 5.41) is 0.261. The Morgan fingerprint density at radius 1 is 1.18 bits per heavy atom. The monoisotopic (exact) mass is 408 g/mol. The smallest absolute Gasteiger partial charge is 0.191 e. The van der Waals surface area contributed by atoms with E-state index in [4.69, 9.17) is 18.6 Å². The van der Waals surface area contributed by atoms with Crippen molar-refractivity contribution in [3.05, 3.63) is 29.8 Å². The van der Waals surface area contributed by atoms with Gasteiger partial charge in [0, 0.05) is 18.1 Å². The van der Waals surface area contributed by atoms with Gasteiger partial charge in [-0.05, 0) is 49.0 Å². The molecule has 1 saturated heterocycles. The van der Waals surface area contributed by atoms with Gasteiger partial charge >= 0.3 is 0 Å². The van der Waals surface area contributed by atoms with Gasteiger partial charge in [0.25, 0.3) is 0 Å². The zero-order valence-electron chi connectivity index (χ0n) is 19.1. The zero-order chi connectivity index (χ0) is 20.9. The summed E-state index contributed by atoms with van der Waals surface area (Å²) in [4.78, 5) is 0. The van der Waals surface area contributed by atoms with Crippen molar-refractivity contribution >= 4 is 8.32 Å². The summed E-state index contributed by atoms with van der Waals surface area (Å²) in [7, 11) is 0.00267. The molecule has 1 aliphatic rings. The van der Waals surface area contributed by atoms with E-state index in [0.29, 0.717) is 11.8 Å². The maximum absolute atomic E-state index is 6.40. The first-order valence-electron chi connectivity index (χ1n) is 10.6. The number of rotatable bonds is 8. The average Bonchev–Trinajstić information content (AvgIpc) is 2.65. The fraction of sp³-hybridized carbons (Fsp3) is 0.739. The number of benzene rings is 1. The maximum atomic E-state index is 6.40. The van der Waals surface area contributed by atoms with E-state index in [0.717, 1.165) is 37.4 Å². The van der Waals surface area contributed by atoms with Crippen molar-refractivity contribution in [2.75, 3.05) is 20.3 Å². The Bertz CT molecular complexity index is 594. The fourth-order valence-electron chi connectivity index (χ4n) is 3.07. The molecule has 0 bridgehead atoms.